The van der Waals surface area contributed by atoms with Gasteiger partial charge < -0.3 is 9.80 Å². The van der Waals surface area contributed by atoms with Crippen molar-refractivity contribution in [2.45, 2.75) is 89.4 Å². The number of rotatable bonds is 12. The van der Waals surface area contributed by atoms with E-state index in [0.29, 0.717) is 0 Å². The number of aryl methyl sites for hydroxylation is 3. The van der Waals surface area contributed by atoms with Crippen LogP contribution in [0.4, 0.5) is 34.1 Å². The Balaban J connectivity index is 0.986. The molecule has 4 aliphatic rings. The lowest BCUT2D eigenvalue weighted by molar-refractivity contribution is -0.0281. The maximum Gasteiger partial charge on any atom is 0.0468 e. The number of hydrogen-bond donors (Lipinski definition) is 0. The summed E-state index contributed by atoms with van der Waals surface area (Å²) in [4.78, 5) is 4.89. The molecule has 4 bridgehead atoms. The topological polar surface area (TPSA) is 6.48 Å². The van der Waals surface area contributed by atoms with Gasteiger partial charge in [-0.1, -0.05) is 110 Å². The van der Waals surface area contributed by atoms with Gasteiger partial charge in [0.1, 0.15) is 0 Å². The molecule has 0 N–H and O–H groups in total. The van der Waals surface area contributed by atoms with Gasteiger partial charge in [0.05, 0.1) is 0 Å². The van der Waals surface area contributed by atoms with E-state index in [0.717, 1.165) is 35.3 Å². The third kappa shape index (κ3) is 7.29. The second-order valence-corrected chi connectivity index (χ2v) is 20.6. The van der Waals surface area contributed by atoms with E-state index in [1.54, 1.807) is 11.1 Å². The Bertz CT molecular complexity index is 2860. The largest absolute Gasteiger partial charge is 0.310 e. The number of unbranched alkanes of at least 4 members (excludes halogenated alkanes) is 1. The van der Waals surface area contributed by atoms with Gasteiger partial charge in [0, 0.05) is 54.3 Å². The summed E-state index contributed by atoms with van der Waals surface area (Å²) in [6.07, 6.45) is 13.5. The molecule has 0 amide bonds. The SMILES string of the molecule is C=Cc1ccc(C23CC4CC(C2)CC(c2ccc(N(c5ccc(CCCC)cc5)c5ccc6sc7ccc(N(c8ccc(C)cc8)c8ccc(C)cc8)cc7c6c5)cc2)(C4)C3)cc1. The number of benzene rings is 7. The first kappa shape index (κ1) is 39.9. The standard InChI is InChI=1S/C60H58N2S/c1-5-7-8-44-15-25-51(26-16-44)62(52-27-19-48(20-28-52)60-38-45-33-46(39-60)37-59(36-45,40-60)47-17-13-43(6-2)14-18-47)54-30-32-58-56(35-54)55-34-53(29-31-57(55)63-58)61(49-21-9-41(3)10-22-49)50-23-11-42(4)12-24-50/h6,9-32,34-35,45-46H,2,5,7-8,33,36-40H2,1,3-4H3. The molecular formula is C60H58N2S. The zero-order valence-corrected chi connectivity index (χ0v) is 37.9. The van der Waals surface area contributed by atoms with Crippen LogP contribution in [0.1, 0.15) is 91.7 Å². The third-order valence-corrected chi connectivity index (χ3v) is 16.3. The van der Waals surface area contributed by atoms with Gasteiger partial charge in [-0.2, -0.15) is 0 Å². The molecular weight excluding hydrogens is 781 g/mol. The van der Waals surface area contributed by atoms with Crippen molar-refractivity contribution in [1.29, 1.82) is 0 Å². The van der Waals surface area contributed by atoms with Gasteiger partial charge in [-0.05, 0) is 195 Å². The van der Waals surface area contributed by atoms with Crippen molar-refractivity contribution >= 4 is 71.7 Å². The van der Waals surface area contributed by atoms with Gasteiger partial charge in [0.15, 0.2) is 0 Å². The molecule has 0 saturated heterocycles. The van der Waals surface area contributed by atoms with Crippen LogP contribution in [-0.4, -0.2) is 0 Å². The van der Waals surface area contributed by atoms with Gasteiger partial charge in [-0.25, -0.2) is 0 Å². The summed E-state index contributed by atoms with van der Waals surface area (Å²) in [5.41, 5.74) is 15.8. The van der Waals surface area contributed by atoms with E-state index in [4.69, 9.17) is 0 Å². The predicted octanol–water partition coefficient (Wildman–Crippen LogP) is 17.4. The molecule has 2 nitrogen and oxygen atoms in total. The highest BCUT2D eigenvalue weighted by Crippen LogP contribution is 2.66. The van der Waals surface area contributed by atoms with E-state index in [1.165, 1.54) is 111 Å². The summed E-state index contributed by atoms with van der Waals surface area (Å²) in [5.74, 6) is 1.61. The zero-order chi connectivity index (χ0) is 42.7. The number of nitrogens with zero attached hydrogens (tertiary/aromatic N) is 2. The lowest BCUT2D eigenvalue weighted by Crippen LogP contribution is -2.55. The second kappa shape index (κ2) is 16.0. The fraction of sp³-hybridized carbons (Fsp3) is 0.267. The van der Waals surface area contributed by atoms with E-state index >= 15 is 0 Å². The van der Waals surface area contributed by atoms with Crippen LogP contribution < -0.4 is 9.80 Å². The van der Waals surface area contributed by atoms with E-state index in [2.05, 4.69) is 195 Å². The molecule has 1 aromatic heterocycles. The Labute approximate surface area is 378 Å². The average Bonchev–Trinajstić information content (AvgIpc) is 3.67. The maximum absolute atomic E-state index is 4.03. The number of hydrogen-bond acceptors (Lipinski definition) is 3. The molecule has 1 heterocycles. The van der Waals surface area contributed by atoms with Crippen LogP contribution in [0.25, 0.3) is 26.2 Å². The van der Waals surface area contributed by atoms with Crippen LogP contribution >= 0.6 is 11.3 Å². The monoisotopic (exact) mass is 838 g/mol. The first-order valence-corrected chi connectivity index (χ1v) is 24.2. The zero-order valence-electron chi connectivity index (χ0n) is 37.1. The van der Waals surface area contributed by atoms with E-state index in [-0.39, 0.29) is 10.8 Å². The van der Waals surface area contributed by atoms with Crippen LogP contribution in [0.15, 0.2) is 164 Å². The average molecular weight is 839 g/mol. The van der Waals surface area contributed by atoms with Crippen molar-refractivity contribution in [2.75, 3.05) is 9.80 Å². The highest BCUT2D eigenvalue weighted by Gasteiger charge is 2.58. The Morgan fingerprint density at radius 2 is 0.952 bits per heavy atom. The van der Waals surface area contributed by atoms with Crippen LogP contribution in [0.2, 0.25) is 0 Å². The van der Waals surface area contributed by atoms with Crippen LogP contribution in [0, 0.1) is 25.7 Å². The minimum atomic E-state index is 0.239. The minimum absolute atomic E-state index is 0.239. The summed E-state index contributed by atoms with van der Waals surface area (Å²) in [6.45, 7) is 10.6. The summed E-state index contributed by atoms with van der Waals surface area (Å²) in [5, 5.41) is 2.59. The molecule has 0 radical (unpaired) electrons. The number of anilines is 6. The first-order valence-electron chi connectivity index (χ1n) is 23.4. The maximum atomic E-state index is 4.03. The van der Waals surface area contributed by atoms with E-state index in [1.807, 2.05) is 17.4 Å². The summed E-state index contributed by atoms with van der Waals surface area (Å²) in [6, 6.07) is 60.6. The number of fused-ring (bicyclic) bond motifs is 3. The molecule has 2 unspecified atom stereocenters. The summed E-state index contributed by atoms with van der Waals surface area (Å²) in [7, 11) is 0. The molecule has 4 aliphatic carbocycles. The van der Waals surface area contributed by atoms with Gasteiger partial charge >= 0.3 is 0 Å². The van der Waals surface area contributed by atoms with Gasteiger partial charge in [-0.3, -0.25) is 0 Å². The Morgan fingerprint density at radius 1 is 0.540 bits per heavy atom. The third-order valence-electron chi connectivity index (χ3n) is 15.1. The van der Waals surface area contributed by atoms with E-state index < -0.39 is 0 Å². The van der Waals surface area contributed by atoms with Gasteiger partial charge in [0.2, 0.25) is 0 Å². The smallest absolute Gasteiger partial charge is 0.0468 e. The quantitative estimate of drug-likeness (QED) is 0.121. The summed E-state index contributed by atoms with van der Waals surface area (Å²) >= 11 is 1.89. The molecule has 0 aliphatic heterocycles. The van der Waals surface area contributed by atoms with Crippen LogP contribution in [0.5, 0.6) is 0 Å². The van der Waals surface area contributed by atoms with E-state index in [9.17, 15) is 0 Å². The predicted molar refractivity (Wildman–Crippen MR) is 271 cm³/mol. The van der Waals surface area contributed by atoms with Crippen molar-refractivity contribution in [2.24, 2.45) is 11.8 Å². The minimum Gasteiger partial charge on any atom is -0.310 e. The Hall–Kier alpha value is -5.90. The lowest BCUT2D eigenvalue weighted by Gasteiger charge is -2.63. The van der Waals surface area contributed by atoms with Crippen LogP contribution in [0.3, 0.4) is 0 Å². The Kier molecular flexibility index (Phi) is 10.2. The molecule has 4 saturated carbocycles. The normalized spacial score (nSPS) is 21.3. The molecule has 8 aromatic rings. The van der Waals surface area contributed by atoms with Gasteiger partial charge in [-0.15, -0.1) is 11.3 Å². The molecule has 314 valence electrons. The van der Waals surface area contributed by atoms with Crippen molar-refractivity contribution < 1.29 is 0 Å². The first-order chi connectivity index (χ1) is 30.8. The molecule has 4 fully saturated rings. The Morgan fingerprint density at radius 3 is 1.40 bits per heavy atom. The van der Waals surface area contributed by atoms with Crippen molar-refractivity contribution in [3.05, 3.63) is 198 Å². The molecule has 0 spiro atoms. The molecule has 12 rings (SSSR count). The molecule has 2 atom stereocenters. The van der Waals surface area contributed by atoms with Crippen molar-refractivity contribution in [3.8, 4) is 0 Å². The fourth-order valence-electron chi connectivity index (χ4n) is 12.4. The molecule has 7 aromatic carbocycles. The highest BCUT2D eigenvalue weighted by atomic mass is 32.1. The second-order valence-electron chi connectivity index (χ2n) is 19.5. The highest BCUT2D eigenvalue weighted by molar-refractivity contribution is 7.25. The van der Waals surface area contributed by atoms with Gasteiger partial charge in [0.25, 0.3) is 0 Å². The fourth-order valence-corrected chi connectivity index (χ4v) is 13.4. The summed E-state index contributed by atoms with van der Waals surface area (Å²) < 4.78 is 2.61. The molecule has 3 heteroatoms. The molecule has 63 heavy (non-hydrogen) atoms. The van der Waals surface area contributed by atoms with Crippen molar-refractivity contribution in [3.63, 3.8) is 0 Å². The number of thiophene rings is 1. The van der Waals surface area contributed by atoms with Crippen molar-refractivity contribution in [1.82, 2.24) is 0 Å². The van der Waals surface area contributed by atoms with Crippen LogP contribution in [-0.2, 0) is 17.3 Å². The lowest BCUT2D eigenvalue weighted by atomic mass is 9.42.